The van der Waals surface area contributed by atoms with Crippen molar-refractivity contribution in [1.29, 1.82) is 0 Å². The highest BCUT2D eigenvalue weighted by Gasteiger charge is 2.53. The smallest absolute Gasteiger partial charge is 0.248 e. The zero-order chi connectivity index (χ0) is 23.7. The van der Waals surface area contributed by atoms with Crippen LogP contribution in [0.2, 0.25) is 5.02 Å². The van der Waals surface area contributed by atoms with Crippen LogP contribution in [0.1, 0.15) is 29.2 Å². The minimum absolute atomic E-state index is 0.00332. The molecule has 0 bridgehead atoms. The van der Waals surface area contributed by atoms with Crippen molar-refractivity contribution < 1.29 is 14.3 Å². The first-order valence-corrected chi connectivity index (χ1v) is 12.3. The van der Waals surface area contributed by atoms with Crippen LogP contribution in [0.25, 0.3) is 0 Å². The third kappa shape index (κ3) is 3.90. The molecular weight excluding hydrogens is 488 g/mol. The van der Waals surface area contributed by atoms with Crippen LogP contribution in [0.15, 0.2) is 89.6 Å². The summed E-state index contributed by atoms with van der Waals surface area (Å²) in [4.78, 5) is 31.9. The standard InChI is InChI=1S/C26H19ClN2O3S2/c27-20-10-5-4-9-19(20)24-21(30)15-26(29(33)25(24)31,17-13-14-34-16-17)22-11-6-12-23(28-22)32-18-7-2-1-3-8-18/h1-14,16,24,33H,15H2. The molecule has 1 aliphatic heterocycles. The molecule has 0 saturated carbocycles. The van der Waals surface area contributed by atoms with E-state index in [-0.39, 0.29) is 12.2 Å². The van der Waals surface area contributed by atoms with E-state index < -0.39 is 17.4 Å². The molecule has 2 aromatic carbocycles. The lowest BCUT2D eigenvalue weighted by Crippen LogP contribution is -2.54. The fraction of sp³-hybridized carbons (Fsp3) is 0.115. The van der Waals surface area contributed by atoms with Gasteiger partial charge in [-0.15, -0.1) is 0 Å². The Morgan fingerprint density at radius 1 is 1.00 bits per heavy atom. The number of amides is 1. The van der Waals surface area contributed by atoms with Crippen LogP contribution in [0.3, 0.4) is 0 Å². The van der Waals surface area contributed by atoms with E-state index in [1.807, 2.05) is 47.2 Å². The average Bonchev–Trinajstić information content (AvgIpc) is 3.39. The number of aromatic nitrogens is 1. The van der Waals surface area contributed by atoms with Gasteiger partial charge in [-0.3, -0.25) is 13.9 Å². The Hall–Kier alpha value is -3.13. The third-order valence-electron chi connectivity index (χ3n) is 5.90. The first kappa shape index (κ1) is 22.7. The SMILES string of the molecule is O=C1CC(c2ccsc2)(c2cccc(Oc3ccccc3)n2)N(S)C(=O)C1c1ccccc1Cl. The Labute approximate surface area is 211 Å². The summed E-state index contributed by atoms with van der Waals surface area (Å²) in [6.45, 7) is 0. The van der Waals surface area contributed by atoms with Gasteiger partial charge in [0, 0.05) is 17.5 Å². The van der Waals surface area contributed by atoms with Crippen molar-refractivity contribution >= 4 is 47.4 Å². The summed E-state index contributed by atoms with van der Waals surface area (Å²) in [6, 6.07) is 23.4. The van der Waals surface area contributed by atoms with Crippen LogP contribution in [-0.2, 0) is 15.1 Å². The van der Waals surface area contributed by atoms with Crippen LogP contribution in [0, 0.1) is 0 Å². The summed E-state index contributed by atoms with van der Waals surface area (Å²) in [7, 11) is 0. The predicted octanol–water partition coefficient (Wildman–Crippen LogP) is 6.26. The van der Waals surface area contributed by atoms with Crippen molar-refractivity contribution in [2.45, 2.75) is 17.9 Å². The molecule has 3 heterocycles. The summed E-state index contributed by atoms with van der Waals surface area (Å²) >= 11 is 12.5. The van der Waals surface area contributed by atoms with E-state index in [1.165, 1.54) is 15.6 Å². The van der Waals surface area contributed by atoms with Crippen molar-refractivity contribution in [3.8, 4) is 11.6 Å². The number of carbonyl (C=O) groups is 2. The largest absolute Gasteiger partial charge is 0.439 e. The Morgan fingerprint density at radius 3 is 2.50 bits per heavy atom. The van der Waals surface area contributed by atoms with Crippen molar-refractivity contribution in [3.63, 3.8) is 0 Å². The van der Waals surface area contributed by atoms with E-state index in [0.717, 1.165) is 5.56 Å². The van der Waals surface area contributed by atoms with Gasteiger partial charge in [0.25, 0.3) is 0 Å². The number of ketones is 1. The number of carbonyl (C=O) groups excluding carboxylic acids is 2. The molecule has 2 unspecified atom stereocenters. The van der Waals surface area contributed by atoms with Crippen molar-refractivity contribution in [2.24, 2.45) is 0 Å². The van der Waals surface area contributed by atoms with Gasteiger partial charge >= 0.3 is 0 Å². The average molecular weight is 507 g/mol. The monoisotopic (exact) mass is 506 g/mol. The Balaban J connectivity index is 1.60. The quantitative estimate of drug-likeness (QED) is 0.256. The van der Waals surface area contributed by atoms with Gasteiger partial charge in [-0.2, -0.15) is 11.3 Å². The minimum atomic E-state index is -1.19. The molecule has 2 atom stereocenters. The maximum atomic E-state index is 13.7. The zero-order valence-electron chi connectivity index (χ0n) is 17.8. The molecule has 8 heteroatoms. The number of benzene rings is 2. The van der Waals surface area contributed by atoms with E-state index in [1.54, 1.807) is 42.5 Å². The number of hydrogen-bond acceptors (Lipinski definition) is 6. The van der Waals surface area contributed by atoms with E-state index in [9.17, 15) is 9.59 Å². The second-order valence-electron chi connectivity index (χ2n) is 7.90. The molecule has 34 heavy (non-hydrogen) atoms. The van der Waals surface area contributed by atoms with E-state index in [4.69, 9.17) is 21.3 Å². The zero-order valence-corrected chi connectivity index (χ0v) is 20.3. The molecule has 1 aliphatic rings. The van der Waals surface area contributed by atoms with E-state index in [0.29, 0.717) is 27.9 Å². The molecule has 0 aliphatic carbocycles. The highest BCUT2D eigenvalue weighted by atomic mass is 35.5. The lowest BCUT2D eigenvalue weighted by molar-refractivity contribution is -0.142. The Bertz CT molecular complexity index is 1350. The molecular formula is C26H19ClN2O3S2. The first-order valence-electron chi connectivity index (χ1n) is 10.5. The fourth-order valence-electron chi connectivity index (χ4n) is 4.28. The van der Waals surface area contributed by atoms with Gasteiger partial charge in [0.05, 0.1) is 5.69 Å². The lowest BCUT2D eigenvalue weighted by atomic mass is 9.75. The van der Waals surface area contributed by atoms with E-state index >= 15 is 0 Å². The van der Waals surface area contributed by atoms with Crippen LogP contribution in [0.4, 0.5) is 0 Å². The normalized spacial score (nSPS) is 20.4. The number of halogens is 1. The van der Waals surface area contributed by atoms with Crippen LogP contribution in [-0.4, -0.2) is 21.0 Å². The molecule has 170 valence electrons. The van der Waals surface area contributed by atoms with Crippen molar-refractivity contribution in [1.82, 2.24) is 9.29 Å². The van der Waals surface area contributed by atoms with Crippen LogP contribution < -0.4 is 4.74 Å². The number of nitrogens with zero attached hydrogens (tertiary/aromatic N) is 2. The fourth-order valence-corrected chi connectivity index (χ4v) is 5.65. The van der Waals surface area contributed by atoms with Crippen LogP contribution >= 0.6 is 35.8 Å². The number of piperidine rings is 1. The molecule has 2 aromatic heterocycles. The Kier molecular flexibility index (Phi) is 6.16. The van der Waals surface area contributed by atoms with E-state index in [2.05, 4.69) is 12.8 Å². The maximum absolute atomic E-state index is 13.7. The lowest BCUT2D eigenvalue weighted by Gasteiger charge is -2.45. The highest BCUT2D eigenvalue weighted by molar-refractivity contribution is 7.78. The number of hydrogen-bond donors (Lipinski definition) is 1. The minimum Gasteiger partial charge on any atom is -0.439 e. The molecule has 1 saturated heterocycles. The number of pyridine rings is 1. The number of ether oxygens (including phenoxy) is 1. The maximum Gasteiger partial charge on any atom is 0.248 e. The second-order valence-corrected chi connectivity index (χ2v) is 9.48. The van der Waals surface area contributed by atoms with Crippen molar-refractivity contribution in [3.05, 3.63) is 111 Å². The third-order valence-corrected chi connectivity index (χ3v) is 7.46. The van der Waals surface area contributed by atoms with Gasteiger partial charge in [-0.25, -0.2) is 4.98 Å². The van der Waals surface area contributed by atoms with Gasteiger partial charge in [0.15, 0.2) is 5.78 Å². The van der Waals surface area contributed by atoms with Gasteiger partial charge in [0.2, 0.25) is 11.8 Å². The second kappa shape index (κ2) is 9.25. The summed E-state index contributed by atoms with van der Waals surface area (Å²) in [5.74, 6) is -0.732. The molecule has 0 N–H and O–H groups in total. The summed E-state index contributed by atoms with van der Waals surface area (Å²) in [5.41, 5.74) is 0.543. The number of thiol groups is 1. The summed E-state index contributed by atoms with van der Waals surface area (Å²) < 4.78 is 7.26. The van der Waals surface area contributed by atoms with Gasteiger partial charge in [-0.05, 0) is 52.2 Å². The van der Waals surface area contributed by atoms with Gasteiger partial charge < -0.3 is 4.74 Å². The molecule has 0 radical (unpaired) electrons. The molecule has 5 nitrogen and oxygen atoms in total. The highest BCUT2D eigenvalue weighted by Crippen LogP contribution is 2.48. The number of thiophene rings is 1. The predicted molar refractivity (Wildman–Crippen MR) is 136 cm³/mol. The topological polar surface area (TPSA) is 59.5 Å². The number of rotatable bonds is 5. The van der Waals surface area contributed by atoms with Gasteiger partial charge in [0.1, 0.15) is 17.2 Å². The summed E-state index contributed by atoms with van der Waals surface area (Å²) in [6.07, 6.45) is -0.00332. The van der Waals surface area contributed by atoms with Gasteiger partial charge in [-0.1, -0.05) is 66.9 Å². The number of para-hydroxylation sites is 1. The molecule has 1 fully saturated rings. The Morgan fingerprint density at radius 2 is 1.76 bits per heavy atom. The molecule has 0 spiro atoms. The van der Waals surface area contributed by atoms with Crippen molar-refractivity contribution in [2.75, 3.05) is 0 Å². The molecule has 1 amide bonds. The summed E-state index contributed by atoms with van der Waals surface area (Å²) in [5, 5.41) is 4.18. The molecule has 5 rings (SSSR count). The first-order chi connectivity index (χ1) is 16.5. The molecule has 4 aromatic rings. The van der Waals surface area contributed by atoms with Crippen LogP contribution in [0.5, 0.6) is 11.6 Å². The number of Topliss-reactive ketones (excluding diaryl/α,β-unsaturated/α-hetero) is 1.